The monoisotopic (exact) mass is 510 g/mol. The third-order valence-corrected chi connectivity index (χ3v) is 7.46. The Morgan fingerprint density at radius 1 is 0.375 bits per heavy atom. The summed E-state index contributed by atoms with van der Waals surface area (Å²) in [6, 6.07) is 43.8. The molecule has 0 fully saturated rings. The number of para-hydroxylation sites is 2. The Hall–Kier alpha value is -5.48. The molecule has 3 aromatic heterocycles. The quantitative estimate of drug-likeness (QED) is 0.223. The second-order valence-electron chi connectivity index (χ2n) is 9.96. The van der Waals surface area contributed by atoms with Crippen molar-refractivity contribution in [2.45, 2.75) is 0 Å². The van der Waals surface area contributed by atoms with Gasteiger partial charge in [0.25, 0.3) is 0 Å². The van der Waals surface area contributed by atoms with Crippen LogP contribution in [0.5, 0.6) is 0 Å². The zero-order valence-electron chi connectivity index (χ0n) is 21.5. The van der Waals surface area contributed by atoms with Gasteiger partial charge in [0.15, 0.2) is 0 Å². The fraction of sp³-hybridized carbons (Fsp3) is 0. The van der Waals surface area contributed by atoms with Crippen LogP contribution in [0.2, 0.25) is 0 Å². The molecule has 0 amide bonds. The van der Waals surface area contributed by atoms with Crippen molar-refractivity contribution in [3.63, 3.8) is 0 Å². The smallest absolute Gasteiger partial charge is 0.0973 e. The molecule has 0 saturated heterocycles. The van der Waals surface area contributed by atoms with Crippen molar-refractivity contribution in [3.8, 4) is 33.8 Å². The molecule has 0 aliphatic rings. The van der Waals surface area contributed by atoms with Gasteiger partial charge in [-0.1, -0.05) is 91.0 Å². The van der Waals surface area contributed by atoms with Crippen molar-refractivity contribution < 1.29 is 0 Å². The summed E-state index contributed by atoms with van der Waals surface area (Å²) in [6.07, 6.45) is 1.82. The van der Waals surface area contributed by atoms with E-state index >= 15 is 0 Å². The maximum Gasteiger partial charge on any atom is 0.0973 e. The van der Waals surface area contributed by atoms with E-state index in [1.807, 2.05) is 36.5 Å². The van der Waals surface area contributed by atoms with Gasteiger partial charge in [-0.15, -0.1) is 0 Å². The van der Waals surface area contributed by atoms with Gasteiger partial charge in [-0.05, 0) is 47.2 Å². The van der Waals surface area contributed by atoms with Gasteiger partial charge >= 0.3 is 0 Å². The van der Waals surface area contributed by atoms with Gasteiger partial charge in [-0.2, -0.15) is 0 Å². The predicted octanol–water partition coefficient (Wildman–Crippen LogP) is 8.88. The third-order valence-electron chi connectivity index (χ3n) is 7.46. The molecule has 0 saturated carbocycles. The summed E-state index contributed by atoms with van der Waals surface area (Å²) < 4.78 is 0. The first-order chi connectivity index (χ1) is 19.8. The van der Waals surface area contributed by atoms with Gasteiger partial charge in [0.05, 0.1) is 39.1 Å². The molecule has 4 heteroatoms. The molecule has 8 aromatic rings. The highest BCUT2D eigenvalue weighted by molar-refractivity contribution is 6.03. The van der Waals surface area contributed by atoms with Gasteiger partial charge in [0.2, 0.25) is 0 Å². The minimum atomic E-state index is 0.851. The second-order valence-corrected chi connectivity index (χ2v) is 9.96. The van der Waals surface area contributed by atoms with Gasteiger partial charge in [-0.3, -0.25) is 4.98 Å². The zero-order chi connectivity index (χ0) is 26.5. The first kappa shape index (κ1) is 22.5. The number of pyridine rings is 2. The van der Waals surface area contributed by atoms with E-state index in [-0.39, 0.29) is 0 Å². The van der Waals surface area contributed by atoms with E-state index in [2.05, 4.69) is 102 Å². The van der Waals surface area contributed by atoms with Crippen LogP contribution in [0.3, 0.4) is 0 Å². The van der Waals surface area contributed by atoms with E-state index < -0.39 is 0 Å². The summed E-state index contributed by atoms with van der Waals surface area (Å²) in [5.41, 5.74) is 9.23. The first-order valence-electron chi connectivity index (χ1n) is 13.3. The fourth-order valence-electron chi connectivity index (χ4n) is 5.45. The minimum Gasteiger partial charge on any atom is -0.254 e. The second kappa shape index (κ2) is 9.07. The standard InChI is InChI=1S/C36H22N4/c1-2-8-26-21-29(17-14-23(26)7-1)36-35(39-31-12-3-4-13-32(31)40-36)28-10-5-9-27(22-28)30-19-18-25-16-15-24-11-6-20-37-33(24)34(25)38-30/h1-22H. The van der Waals surface area contributed by atoms with Crippen molar-refractivity contribution >= 4 is 43.6 Å². The molecule has 4 nitrogen and oxygen atoms in total. The lowest BCUT2D eigenvalue weighted by Crippen LogP contribution is -1.96. The average molecular weight is 511 g/mol. The van der Waals surface area contributed by atoms with E-state index in [9.17, 15) is 0 Å². The lowest BCUT2D eigenvalue weighted by Gasteiger charge is -2.13. The molecule has 0 spiro atoms. The summed E-state index contributed by atoms with van der Waals surface area (Å²) in [5.74, 6) is 0. The molecule has 0 unspecified atom stereocenters. The summed E-state index contributed by atoms with van der Waals surface area (Å²) in [5, 5.41) is 4.54. The highest BCUT2D eigenvalue weighted by Crippen LogP contribution is 2.35. The Kier molecular flexibility index (Phi) is 5.10. The van der Waals surface area contributed by atoms with Crippen LogP contribution >= 0.6 is 0 Å². The van der Waals surface area contributed by atoms with E-state index in [1.54, 1.807) is 0 Å². The Labute approximate surface area is 230 Å². The van der Waals surface area contributed by atoms with Crippen LogP contribution < -0.4 is 0 Å². The number of benzene rings is 5. The molecular weight excluding hydrogens is 488 g/mol. The van der Waals surface area contributed by atoms with Crippen LogP contribution in [0.1, 0.15) is 0 Å². The van der Waals surface area contributed by atoms with Crippen molar-refractivity contribution in [1.29, 1.82) is 0 Å². The molecule has 5 aromatic carbocycles. The fourth-order valence-corrected chi connectivity index (χ4v) is 5.45. The van der Waals surface area contributed by atoms with Crippen LogP contribution in [0, 0.1) is 0 Å². The number of hydrogen-bond donors (Lipinski definition) is 0. The number of aromatic nitrogens is 4. The lowest BCUT2D eigenvalue weighted by molar-refractivity contribution is 1.29. The van der Waals surface area contributed by atoms with Crippen molar-refractivity contribution in [1.82, 2.24) is 19.9 Å². The summed E-state index contributed by atoms with van der Waals surface area (Å²) in [6.45, 7) is 0. The topological polar surface area (TPSA) is 51.6 Å². The van der Waals surface area contributed by atoms with Crippen molar-refractivity contribution in [2.24, 2.45) is 0 Å². The minimum absolute atomic E-state index is 0.851. The number of fused-ring (bicyclic) bond motifs is 5. The molecule has 0 aliphatic carbocycles. The maximum absolute atomic E-state index is 5.13. The number of rotatable bonds is 3. The molecule has 40 heavy (non-hydrogen) atoms. The molecule has 0 atom stereocenters. The van der Waals surface area contributed by atoms with Crippen molar-refractivity contribution in [2.75, 3.05) is 0 Å². The summed E-state index contributed by atoms with van der Waals surface area (Å²) >= 11 is 0. The molecule has 3 heterocycles. The van der Waals surface area contributed by atoms with Gasteiger partial charge in [-0.25, -0.2) is 15.0 Å². The Bertz CT molecular complexity index is 2240. The van der Waals surface area contributed by atoms with E-state index in [0.29, 0.717) is 0 Å². The van der Waals surface area contributed by atoms with Gasteiger partial charge in [0.1, 0.15) is 0 Å². The Balaban J connectivity index is 1.32. The number of hydrogen-bond acceptors (Lipinski definition) is 4. The molecule has 0 N–H and O–H groups in total. The lowest BCUT2D eigenvalue weighted by atomic mass is 9.98. The molecule has 8 rings (SSSR count). The van der Waals surface area contributed by atoms with Crippen LogP contribution in [0.25, 0.3) is 77.4 Å². The molecule has 0 aliphatic heterocycles. The van der Waals surface area contributed by atoms with Crippen LogP contribution in [0.15, 0.2) is 134 Å². The normalized spacial score (nSPS) is 11.5. The largest absolute Gasteiger partial charge is 0.254 e. The SMILES string of the molecule is c1cc(-c2ccc3ccc4cccnc4c3n2)cc(-c2nc3ccccc3nc2-c2ccc3ccccc3c2)c1. The molecule has 186 valence electrons. The molecule has 0 radical (unpaired) electrons. The van der Waals surface area contributed by atoms with Crippen LogP contribution in [0.4, 0.5) is 0 Å². The predicted molar refractivity (Wildman–Crippen MR) is 164 cm³/mol. The highest BCUT2D eigenvalue weighted by Gasteiger charge is 2.15. The van der Waals surface area contributed by atoms with E-state index in [1.165, 1.54) is 10.8 Å². The van der Waals surface area contributed by atoms with Crippen molar-refractivity contribution in [3.05, 3.63) is 134 Å². The Morgan fingerprint density at radius 3 is 1.82 bits per heavy atom. The average Bonchev–Trinajstić information content (AvgIpc) is 3.03. The zero-order valence-corrected chi connectivity index (χ0v) is 21.5. The van der Waals surface area contributed by atoms with Crippen LogP contribution in [-0.2, 0) is 0 Å². The first-order valence-corrected chi connectivity index (χ1v) is 13.3. The Morgan fingerprint density at radius 2 is 1.00 bits per heavy atom. The third kappa shape index (κ3) is 3.77. The van der Waals surface area contributed by atoms with E-state index in [4.69, 9.17) is 15.0 Å². The van der Waals surface area contributed by atoms with E-state index in [0.717, 1.165) is 66.6 Å². The maximum atomic E-state index is 5.13. The summed E-state index contributed by atoms with van der Waals surface area (Å²) in [7, 11) is 0. The van der Waals surface area contributed by atoms with Gasteiger partial charge in [0, 0.05) is 33.7 Å². The highest BCUT2D eigenvalue weighted by atomic mass is 14.8. The number of nitrogens with zero attached hydrogens (tertiary/aromatic N) is 4. The van der Waals surface area contributed by atoms with Gasteiger partial charge < -0.3 is 0 Å². The molecule has 0 bridgehead atoms. The van der Waals surface area contributed by atoms with Crippen LogP contribution in [-0.4, -0.2) is 19.9 Å². The summed E-state index contributed by atoms with van der Waals surface area (Å²) in [4.78, 5) is 20.0. The molecular formula is C36H22N4.